The molecular formula is C22H33N3O5. The van der Waals surface area contributed by atoms with Crippen LogP contribution >= 0.6 is 0 Å². The van der Waals surface area contributed by atoms with E-state index in [1.165, 1.54) is 6.92 Å². The molecule has 0 saturated carbocycles. The minimum Gasteiger partial charge on any atom is -0.490 e. The van der Waals surface area contributed by atoms with E-state index in [1.54, 1.807) is 9.80 Å². The normalized spacial score (nSPS) is 13.7. The maximum atomic E-state index is 12.3. The first kappa shape index (κ1) is 23.5. The average Bonchev–Trinajstić information content (AvgIpc) is 2.74. The highest BCUT2D eigenvalue weighted by molar-refractivity contribution is 5.84. The Morgan fingerprint density at radius 2 is 1.57 bits per heavy atom. The largest absolute Gasteiger partial charge is 0.490 e. The van der Waals surface area contributed by atoms with Gasteiger partial charge in [0.05, 0.1) is 13.2 Å². The molecule has 0 radical (unpaired) electrons. The second-order valence-corrected chi connectivity index (χ2v) is 7.13. The van der Waals surface area contributed by atoms with E-state index in [0.717, 1.165) is 11.3 Å². The summed E-state index contributed by atoms with van der Waals surface area (Å²) in [5, 5.41) is 2.87. The summed E-state index contributed by atoms with van der Waals surface area (Å²) in [7, 11) is 0. The summed E-state index contributed by atoms with van der Waals surface area (Å²) in [5.41, 5.74) is 1.04. The lowest BCUT2D eigenvalue weighted by Gasteiger charge is -2.34. The highest BCUT2D eigenvalue weighted by Gasteiger charge is 2.22. The lowest BCUT2D eigenvalue weighted by molar-refractivity contribution is -0.139. The molecule has 2 rings (SSSR count). The van der Waals surface area contributed by atoms with Crippen molar-refractivity contribution in [2.24, 2.45) is 0 Å². The number of piperazine rings is 1. The molecule has 1 aliphatic rings. The summed E-state index contributed by atoms with van der Waals surface area (Å²) in [6, 6.07) is 5.78. The van der Waals surface area contributed by atoms with Crippen LogP contribution in [0.5, 0.6) is 11.5 Å². The van der Waals surface area contributed by atoms with Crippen LogP contribution in [-0.2, 0) is 20.8 Å². The Morgan fingerprint density at radius 3 is 2.20 bits per heavy atom. The van der Waals surface area contributed by atoms with Gasteiger partial charge in [0.15, 0.2) is 11.5 Å². The van der Waals surface area contributed by atoms with E-state index in [4.69, 9.17) is 9.47 Å². The minimum atomic E-state index is -0.137. The SMILES string of the molecule is CCOc1ccc(CCNC(=O)CCC(=O)N2CCN(C(C)=O)CC2)cc1OCC. The maximum absolute atomic E-state index is 12.3. The lowest BCUT2D eigenvalue weighted by atomic mass is 10.1. The van der Waals surface area contributed by atoms with Crippen LogP contribution in [0.4, 0.5) is 0 Å². The topological polar surface area (TPSA) is 88.2 Å². The number of carbonyl (C=O) groups is 3. The van der Waals surface area contributed by atoms with Gasteiger partial charge in [0.25, 0.3) is 0 Å². The molecular weight excluding hydrogens is 386 g/mol. The summed E-state index contributed by atoms with van der Waals surface area (Å²) >= 11 is 0. The Kier molecular flexibility index (Phi) is 9.44. The van der Waals surface area contributed by atoms with E-state index in [9.17, 15) is 14.4 Å². The first-order valence-corrected chi connectivity index (χ1v) is 10.6. The summed E-state index contributed by atoms with van der Waals surface area (Å²) in [6.07, 6.45) is 1.02. The van der Waals surface area contributed by atoms with Gasteiger partial charge < -0.3 is 24.6 Å². The smallest absolute Gasteiger partial charge is 0.223 e. The Balaban J connectivity index is 1.70. The molecule has 0 spiro atoms. The third kappa shape index (κ3) is 7.24. The van der Waals surface area contributed by atoms with Crippen molar-refractivity contribution in [1.82, 2.24) is 15.1 Å². The van der Waals surface area contributed by atoms with Crippen LogP contribution in [0, 0.1) is 0 Å². The lowest BCUT2D eigenvalue weighted by Crippen LogP contribution is -2.50. The van der Waals surface area contributed by atoms with E-state index in [0.29, 0.717) is 58.1 Å². The van der Waals surface area contributed by atoms with Crippen molar-refractivity contribution in [3.8, 4) is 11.5 Å². The van der Waals surface area contributed by atoms with Crippen LogP contribution in [0.3, 0.4) is 0 Å². The molecule has 1 saturated heterocycles. The van der Waals surface area contributed by atoms with Crippen LogP contribution in [0.2, 0.25) is 0 Å². The van der Waals surface area contributed by atoms with Crippen molar-refractivity contribution in [3.63, 3.8) is 0 Å². The molecule has 1 aromatic carbocycles. The van der Waals surface area contributed by atoms with Crippen LogP contribution in [0.1, 0.15) is 39.2 Å². The molecule has 0 unspecified atom stereocenters. The van der Waals surface area contributed by atoms with Gasteiger partial charge in [-0.05, 0) is 38.0 Å². The van der Waals surface area contributed by atoms with Crippen molar-refractivity contribution >= 4 is 17.7 Å². The van der Waals surface area contributed by atoms with Gasteiger partial charge in [-0.1, -0.05) is 6.07 Å². The van der Waals surface area contributed by atoms with E-state index in [1.807, 2.05) is 32.0 Å². The monoisotopic (exact) mass is 419 g/mol. The second kappa shape index (κ2) is 12.0. The molecule has 166 valence electrons. The van der Waals surface area contributed by atoms with Crippen molar-refractivity contribution in [3.05, 3.63) is 23.8 Å². The third-order valence-electron chi connectivity index (χ3n) is 4.99. The highest BCUT2D eigenvalue weighted by Crippen LogP contribution is 2.28. The average molecular weight is 420 g/mol. The molecule has 1 fully saturated rings. The zero-order chi connectivity index (χ0) is 21.9. The maximum Gasteiger partial charge on any atom is 0.223 e. The zero-order valence-electron chi connectivity index (χ0n) is 18.2. The number of hydrogen-bond acceptors (Lipinski definition) is 5. The molecule has 0 aliphatic carbocycles. The number of benzene rings is 1. The van der Waals surface area contributed by atoms with Crippen LogP contribution in [0.25, 0.3) is 0 Å². The summed E-state index contributed by atoms with van der Waals surface area (Å²) in [6.45, 7) is 9.16. The minimum absolute atomic E-state index is 0.0300. The molecule has 8 nitrogen and oxygen atoms in total. The molecule has 1 heterocycles. The fourth-order valence-corrected chi connectivity index (χ4v) is 3.33. The van der Waals surface area contributed by atoms with E-state index < -0.39 is 0 Å². The van der Waals surface area contributed by atoms with Gasteiger partial charge in [0.2, 0.25) is 17.7 Å². The molecule has 0 aromatic heterocycles. The van der Waals surface area contributed by atoms with Crippen molar-refractivity contribution in [2.45, 2.75) is 40.0 Å². The first-order chi connectivity index (χ1) is 14.4. The zero-order valence-corrected chi connectivity index (χ0v) is 18.2. The standard InChI is InChI=1S/C22H33N3O5/c1-4-29-19-7-6-18(16-20(19)30-5-2)10-11-23-21(27)8-9-22(28)25-14-12-24(13-15-25)17(3)26/h6-7,16H,4-5,8-15H2,1-3H3,(H,23,27). The van der Waals surface area contributed by atoms with E-state index >= 15 is 0 Å². The van der Waals surface area contributed by atoms with Gasteiger partial charge in [0, 0.05) is 52.5 Å². The van der Waals surface area contributed by atoms with Crippen LogP contribution in [0.15, 0.2) is 18.2 Å². The van der Waals surface area contributed by atoms with Crippen LogP contribution in [-0.4, -0.2) is 73.5 Å². The van der Waals surface area contributed by atoms with Crippen molar-refractivity contribution in [2.75, 3.05) is 45.9 Å². The number of nitrogens with zero attached hydrogens (tertiary/aromatic N) is 2. The molecule has 1 aromatic rings. The van der Waals surface area contributed by atoms with Gasteiger partial charge in [-0.15, -0.1) is 0 Å². The molecule has 1 N–H and O–H groups in total. The predicted molar refractivity (Wildman–Crippen MR) is 114 cm³/mol. The van der Waals surface area contributed by atoms with Gasteiger partial charge in [-0.3, -0.25) is 14.4 Å². The summed E-state index contributed by atoms with van der Waals surface area (Å²) in [4.78, 5) is 39.2. The molecule has 0 bridgehead atoms. The van der Waals surface area contributed by atoms with Crippen molar-refractivity contribution < 1.29 is 23.9 Å². The Bertz CT molecular complexity index is 729. The predicted octanol–water partition coefficient (Wildman–Crippen LogP) is 1.61. The van der Waals surface area contributed by atoms with Gasteiger partial charge >= 0.3 is 0 Å². The molecule has 0 atom stereocenters. The Hall–Kier alpha value is -2.77. The Labute approximate surface area is 178 Å². The molecule has 1 aliphatic heterocycles. The van der Waals surface area contributed by atoms with Gasteiger partial charge in [0.1, 0.15) is 0 Å². The molecule has 30 heavy (non-hydrogen) atoms. The molecule has 8 heteroatoms. The highest BCUT2D eigenvalue weighted by atomic mass is 16.5. The first-order valence-electron chi connectivity index (χ1n) is 10.6. The summed E-state index contributed by atoms with van der Waals surface area (Å²) < 4.78 is 11.2. The number of carbonyl (C=O) groups excluding carboxylic acids is 3. The number of amides is 3. The van der Waals surface area contributed by atoms with Gasteiger partial charge in [-0.25, -0.2) is 0 Å². The fraction of sp³-hybridized carbons (Fsp3) is 0.591. The number of ether oxygens (including phenoxy) is 2. The van der Waals surface area contributed by atoms with E-state index in [-0.39, 0.29) is 30.6 Å². The Morgan fingerprint density at radius 1 is 0.933 bits per heavy atom. The summed E-state index contributed by atoms with van der Waals surface area (Å²) in [5.74, 6) is 1.28. The van der Waals surface area contributed by atoms with Gasteiger partial charge in [-0.2, -0.15) is 0 Å². The number of nitrogens with one attached hydrogen (secondary N) is 1. The fourth-order valence-electron chi connectivity index (χ4n) is 3.33. The third-order valence-corrected chi connectivity index (χ3v) is 4.99. The van der Waals surface area contributed by atoms with Crippen LogP contribution < -0.4 is 14.8 Å². The molecule has 3 amide bonds. The number of rotatable bonds is 10. The van der Waals surface area contributed by atoms with E-state index in [2.05, 4.69) is 5.32 Å². The second-order valence-electron chi connectivity index (χ2n) is 7.13. The quantitative estimate of drug-likeness (QED) is 0.623. The van der Waals surface area contributed by atoms with Crippen molar-refractivity contribution in [1.29, 1.82) is 0 Å². The number of hydrogen-bond donors (Lipinski definition) is 1.